The second kappa shape index (κ2) is 8.12. The molecule has 2 saturated heterocycles. The van der Waals surface area contributed by atoms with E-state index in [1.54, 1.807) is 0 Å². The van der Waals surface area contributed by atoms with Crippen LogP contribution >= 0.6 is 0 Å². The van der Waals surface area contributed by atoms with E-state index in [1.165, 1.54) is 63.6 Å². The van der Waals surface area contributed by atoms with Crippen molar-refractivity contribution >= 4 is 5.91 Å². The fourth-order valence-electron chi connectivity index (χ4n) is 5.30. The van der Waals surface area contributed by atoms with Crippen LogP contribution in [0.3, 0.4) is 0 Å². The summed E-state index contributed by atoms with van der Waals surface area (Å²) in [6.45, 7) is 3.14. The number of nitrogens with zero attached hydrogens (tertiary/aromatic N) is 3. The topological polar surface area (TPSA) is 49.6 Å². The number of carbonyl (C=O) groups is 1. The van der Waals surface area contributed by atoms with Crippen molar-refractivity contribution in [2.45, 2.75) is 83.2 Å². The molecule has 1 aromatic rings. The first-order valence-electron chi connectivity index (χ1n) is 10.7. The third-order valence-electron chi connectivity index (χ3n) is 6.80. The number of hydrogen-bond acceptors (Lipinski definition) is 4. The first-order chi connectivity index (χ1) is 12.7. The maximum absolute atomic E-state index is 12.7. The molecule has 2 atom stereocenters. The molecule has 0 N–H and O–H groups in total. The quantitative estimate of drug-likeness (QED) is 0.807. The van der Waals surface area contributed by atoms with E-state index in [0.29, 0.717) is 18.9 Å². The Labute approximate surface area is 157 Å². The van der Waals surface area contributed by atoms with E-state index in [9.17, 15) is 4.79 Å². The van der Waals surface area contributed by atoms with Crippen LogP contribution in [0.15, 0.2) is 4.52 Å². The van der Waals surface area contributed by atoms with E-state index >= 15 is 0 Å². The number of aryl methyl sites for hydroxylation is 1. The molecule has 5 heteroatoms. The number of aromatic nitrogens is 1. The first kappa shape index (κ1) is 18.0. The lowest BCUT2D eigenvalue weighted by atomic mass is 9.81. The average molecular weight is 360 g/mol. The van der Waals surface area contributed by atoms with Gasteiger partial charge in [0.15, 0.2) is 0 Å². The molecular formula is C21H33N3O2. The van der Waals surface area contributed by atoms with Gasteiger partial charge in [0.25, 0.3) is 0 Å². The Morgan fingerprint density at radius 1 is 1.15 bits per heavy atom. The number of amides is 1. The van der Waals surface area contributed by atoms with Crippen molar-refractivity contribution in [1.82, 2.24) is 15.0 Å². The Kier molecular flexibility index (Phi) is 5.63. The fourth-order valence-corrected chi connectivity index (χ4v) is 5.30. The predicted molar refractivity (Wildman–Crippen MR) is 101 cm³/mol. The van der Waals surface area contributed by atoms with E-state index in [4.69, 9.17) is 4.52 Å². The van der Waals surface area contributed by atoms with E-state index in [0.717, 1.165) is 36.8 Å². The summed E-state index contributed by atoms with van der Waals surface area (Å²) in [5.74, 6) is 2.01. The van der Waals surface area contributed by atoms with Crippen LogP contribution < -0.4 is 0 Å². The average Bonchev–Trinajstić information content (AvgIpc) is 3.09. The number of piperidine rings is 2. The minimum atomic E-state index is 0.255. The lowest BCUT2D eigenvalue weighted by Crippen LogP contribution is -2.48. The minimum Gasteiger partial charge on any atom is -0.361 e. The molecule has 5 nitrogen and oxygen atoms in total. The molecule has 1 amide bonds. The first-order valence-corrected chi connectivity index (χ1v) is 10.7. The highest BCUT2D eigenvalue weighted by molar-refractivity contribution is 5.75. The second-order valence-electron chi connectivity index (χ2n) is 8.53. The van der Waals surface area contributed by atoms with Gasteiger partial charge in [-0.25, -0.2) is 0 Å². The van der Waals surface area contributed by atoms with Crippen LogP contribution in [0.25, 0.3) is 0 Å². The lowest BCUT2D eigenvalue weighted by molar-refractivity contribution is -0.131. The molecule has 3 heterocycles. The summed E-state index contributed by atoms with van der Waals surface area (Å²) < 4.78 is 5.49. The Morgan fingerprint density at radius 2 is 2.00 bits per heavy atom. The van der Waals surface area contributed by atoms with E-state index in [1.807, 2.05) is 11.9 Å². The van der Waals surface area contributed by atoms with Gasteiger partial charge >= 0.3 is 0 Å². The molecule has 1 aromatic heterocycles. The molecule has 0 bridgehead atoms. The smallest absolute Gasteiger partial charge is 0.222 e. The summed E-state index contributed by atoms with van der Waals surface area (Å²) in [6, 6.07) is 0.734. The van der Waals surface area contributed by atoms with Gasteiger partial charge in [-0.2, -0.15) is 0 Å². The summed E-state index contributed by atoms with van der Waals surface area (Å²) in [6.07, 6.45) is 12.8. The van der Waals surface area contributed by atoms with Crippen molar-refractivity contribution in [3.63, 3.8) is 0 Å². The maximum atomic E-state index is 12.7. The van der Waals surface area contributed by atoms with Crippen molar-refractivity contribution in [3.05, 3.63) is 17.0 Å². The molecule has 144 valence electrons. The molecule has 0 spiro atoms. The standard InChI is InChI=1S/C21H33N3O2/c1-23(15-18-17-8-2-3-10-20(17)26-22-18)21(25)12-11-16-7-6-14-24-13-5-4-9-19(16)24/h16,19H,2-15H2,1H3/t16-,19+/m0/s1. The zero-order valence-corrected chi connectivity index (χ0v) is 16.2. The van der Waals surface area contributed by atoms with Crippen molar-refractivity contribution < 1.29 is 9.32 Å². The van der Waals surface area contributed by atoms with Gasteiger partial charge in [0.05, 0.1) is 6.54 Å². The maximum Gasteiger partial charge on any atom is 0.222 e. The molecule has 4 rings (SSSR count). The van der Waals surface area contributed by atoms with Gasteiger partial charge < -0.3 is 14.3 Å². The molecule has 0 unspecified atom stereocenters. The predicted octanol–water partition coefficient (Wildman–Crippen LogP) is 3.56. The second-order valence-corrected chi connectivity index (χ2v) is 8.53. The normalized spacial score (nSPS) is 26.2. The summed E-state index contributed by atoms with van der Waals surface area (Å²) in [4.78, 5) is 17.2. The molecule has 2 aliphatic heterocycles. The van der Waals surface area contributed by atoms with E-state index < -0.39 is 0 Å². The van der Waals surface area contributed by atoms with Crippen LogP contribution in [-0.2, 0) is 24.2 Å². The van der Waals surface area contributed by atoms with Crippen LogP contribution in [0, 0.1) is 5.92 Å². The minimum absolute atomic E-state index is 0.255. The third-order valence-corrected chi connectivity index (χ3v) is 6.80. The Morgan fingerprint density at radius 3 is 2.92 bits per heavy atom. The highest BCUT2D eigenvalue weighted by Crippen LogP contribution is 2.33. The molecule has 1 aliphatic carbocycles. The van der Waals surface area contributed by atoms with Crippen molar-refractivity contribution in [1.29, 1.82) is 0 Å². The lowest BCUT2D eigenvalue weighted by Gasteiger charge is -2.44. The monoisotopic (exact) mass is 359 g/mol. The van der Waals surface area contributed by atoms with Gasteiger partial charge in [-0.15, -0.1) is 0 Å². The molecule has 26 heavy (non-hydrogen) atoms. The highest BCUT2D eigenvalue weighted by Gasteiger charge is 2.33. The number of carbonyl (C=O) groups excluding carboxylic acids is 1. The molecular weight excluding hydrogens is 326 g/mol. The highest BCUT2D eigenvalue weighted by atomic mass is 16.5. The van der Waals surface area contributed by atoms with E-state index in [2.05, 4.69) is 10.1 Å². The number of hydrogen-bond donors (Lipinski definition) is 0. The molecule has 2 fully saturated rings. The van der Waals surface area contributed by atoms with E-state index in [-0.39, 0.29) is 5.91 Å². The molecule has 0 radical (unpaired) electrons. The van der Waals surface area contributed by atoms with Gasteiger partial charge in [-0.3, -0.25) is 4.79 Å². The molecule has 0 aromatic carbocycles. The van der Waals surface area contributed by atoms with Gasteiger partial charge in [-0.1, -0.05) is 11.6 Å². The largest absolute Gasteiger partial charge is 0.361 e. The zero-order valence-electron chi connectivity index (χ0n) is 16.2. The Balaban J connectivity index is 1.29. The Bertz CT molecular complexity index is 625. The van der Waals surface area contributed by atoms with Crippen molar-refractivity contribution in [2.24, 2.45) is 5.92 Å². The third kappa shape index (κ3) is 3.83. The number of rotatable bonds is 5. The van der Waals surface area contributed by atoms with Crippen molar-refractivity contribution in [3.8, 4) is 0 Å². The molecule has 3 aliphatic rings. The van der Waals surface area contributed by atoms with Crippen LogP contribution in [0.2, 0.25) is 0 Å². The van der Waals surface area contributed by atoms with Crippen LogP contribution in [0.1, 0.15) is 74.8 Å². The van der Waals surface area contributed by atoms with Gasteiger partial charge in [0.1, 0.15) is 11.5 Å². The van der Waals surface area contributed by atoms with Gasteiger partial charge in [0, 0.05) is 31.5 Å². The van der Waals surface area contributed by atoms with Crippen LogP contribution in [-0.4, -0.2) is 47.0 Å². The van der Waals surface area contributed by atoms with Gasteiger partial charge in [-0.05, 0) is 70.4 Å². The summed E-state index contributed by atoms with van der Waals surface area (Å²) in [5.41, 5.74) is 2.24. The summed E-state index contributed by atoms with van der Waals surface area (Å²) in [7, 11) is 1.92. The fraction of sp³-hybridized carbons (Fsp3) is 0.810. The van der Waals surface area contributed by atoms with Crippen LogP contribution in [0.4, 0.5) is 0 Å². The zero-order chi connectivity index (χ0) is 17.9. The summed E-state index contributed by atoms with van der Waals surface area (Å²) in [5, 5.41) is 4.25. The molecule has 0 saturated carbocycles. The van der Waals surface area contributed by atoms with Gasteiger partial charge in [0.2, 0.25) is 5.91 Å². The Hall–Kier alpha value is -1.36. The SMILES string of the molecule is CN(Cc1noc2c1CCCC2)C(=O)CC[C@@H]1CCCN2CCCC[C@H]12. The number of fused-ring (bicyclic) bond motifs is 2. The van der Waals surface area contributed by atoms with Crippen LogP contribution in [0.5, 0.6) is 0 Å². The van der Waals surface area contributed by atoms with Crippen molar-refractivity contribution in [2.75, 3.05) is 20.1 Å². The summed E-state index contributed by atoms with van der Waals surface area (Å²) >= 11 is 0.